The fraction of sp³-hybridized carbons (Fsp3) is 0.385. The molecule has 0 saturated heterocycles. The summed E-state index contributed by atoms with van der Waals surface area (Å²) in [6, 6.07) is 5.46. The lowest BCUT2D eigenvalue weighted by Gasteiger charge is -2.12. The SMILES string of the molecule is CCn1nc(C)cc1CC(O)c1ccnc(Cl)c1. The third-order valence-electron chi connectivity index (χ3n) is 2.82. The first-order chi connectivity index (χ1) is 8.60. The van der Waals surface area contributed by atoms with E-state index in [-0.39, 0.29) is 0 Å². The van der Waals surface area contributed by atoms with Gasteiger partial charge in [-0.05, 0) is 37.6 Å². The van der Waals surface area contributed by atoms with E-state index in [1.54, 1.807) is 18.3 Å². The number of aliphatic hydroxyl groups is 1. The van der Waals surface area contributed by atoms with Crippen molar-refractivity contribution in [2.45, 2.75) is 32.9 Å². The second-order valence-electron chi connectivity index (χ2n) is 4.22. The average molecular weight is 266 g/mol. The third-order valence-corrected chi connectivity index (χ3v) is 3.03. The molecule has 4 nitrogen and oxygen atoms in total. The van der Waals surface area contributed by atoms with Crippen LogP contribution in [0.2, 0.25) is 5.15 Å². The largest absolute Gasteiger partial charge is 0.388 e. The summed E-state index contributed by atoms with van der Waals surface area (Å²) in [5.74, 6) is 0. The van der Waals surface area contributed by atoms with Gasteiger partial charge in [-0.2, -0.15) is 5.10 Å². The van der Waals surface area contributed by atoms with Crippen LogP contribution in [0.25, 0.3) is 0 Å². The van der Waals surface area contributed by atoms with Gasteiger partial charge in [-0.3, -0.25) is 4.68 Å². The summed E-state index contributed by atoms with van der Waals surface area (Å²) in [5.41, 5.74) is 2.76. The molecular weight excluding hydrogens is 250 g/mol. The van der Waals surface area contributed by atoms with Crippen LogP contribution in [0.3, 0.4) is 0 Å². The lowest BCUT2D eigenvalue weighted by molar-refractivity contribution is 0.175. The Morgan fingerprint density at radius 2 is 2.22 bits per heavy atom. The summed E-state index contributed by atoms with van der Waals surface area (Å²) in [6.45, 7) is 4.78. The van der Waals surface area contributed by atoms with Crippen LogP contribution >= 0.6 is 11.6 Å². The number of aryl methyl sites for hydroxylation is 2. The molecule has 2 rings (SSSR count). The minimum absolute atomic E-state index is 0.395. The quantitative estimate of drug-likeness (QED) is 0.865. The molecule has 0 radical (unpaired) electrons. The van der Waals surface area contributed by atoms with Crippen molar-refractivity contribution in [2.24, 2.45) is 0 Å². The van der Waals surface area contributed by atoms with Gasteiger partial charge in [0.15, 0.2) is 0 Å². The average Bonchev–Trinajstić information content (AvgIpc) is 2.69. The van der Waals surface area contributed by atoms with Gasteiger partial charge in [0.1, 0.15) is 5.15 Å². The van der Waals surface area contributed by atoms with Gasteiger partial charge in [-0.1, -0.05) is 11.6 Å². The minimum Gasteiger partial charge on any atom is -0.388 e. The Morgan fingerprint density at radius 3 is 2.89 bits per heavy atom. The number of rotatable bonds is 4. The van der Waals surface area contributed by atoms with Crippen LogP contribution in [0.4, 0.5) is 0 Å². The molecule has 18 heavy (non-hydrogen) atoms. The van der Waals surface area contributed by atoms with Crippen molar-refractivity contribution in [1.29, 1.82) is 0 Å². The van der Waals surface area contributed by atoms with Crippen molar-refractivity contribution < 1.29 is 5.11 Å². The normalized spacial score (nSPS) is 12.7. The lowest BCUT2D eigenvalue weighted by atomic mass is 10.1. The molecule has 0 fully saturated rings. The topological polar surface area (TPSA) is 50.9 Å². The summed E-state index contributed by atoms with van der Waals surface area (Å²) in [7, 11) is 0. The number of aromatic nitrogens is 3. The highest BCUT2D eigenvalue weighted by atomic mass is 35.5. The third kappa shape index (κ3) is 2.89. The molecule has 2 aromatic rings. The number of aliphatic hydroxyl groups excluding tert-OH is 1. The van der Waals surface area contributed by atoms with E-state index in [1.165, 1.54) is 0 Å². The summed E-state index contributed by atoms with van der Waals surface area (Å²) in [6.07, 6.45) is 1.53. The van der Waals surface area contributed by atoms with E-state index < -0.39 is 6.10 Å². The predicted octanol–water partition coefficient (Wildman–Crippen LogP) is 2.54. The van der Waals surface area contributed by atoms with Gasteiger partial charge in [-0.25, -0.2) is 4.98 Å². The van der Waals surface area contributed by atoms with Crippen LogP contribution in [0, 0.1) is 6.92 Å². The van der Waals surface area contributed by atoms with Crippen LogP contribution in [0.15, 0.2) is 24.4 Å². The monoisotopic (exact) mass is 265 g/mol. The molecule has 1 unspecified atom stereocenters. The summed E-state index contributed by atoms with van der Waals surface area (Å²) in [4.78, 5) is 3.90. The molecule has 5 heteroatoms. The Hall–Kier alpha value is -1.39. The first-order valence-corrected chi connectivity index (χ1v) is 6.30. The second-order valence-corrected chi connectivity index (χ2v) is 4.61. The molecular formula is C13H16ClN3O. The number of nitrogens with zero attached hydrogens (tertiary/aromatic N) is 3. The van der Waals surface area contributed by atoms with E-state index in [1.807, 2.05) is 24.6 Å². The maximum absolute atomic E-state index is 10.2. The van der Waals surface area contributed by atoms with E-state index in [0.29, 0.717) is 11.6 Å². The summed E-state index contributed by atoms with van der Waals surface area (Å²) in [5, 5.41) is 15.0. The van der Waals surface area contributed by atoms with Gasteiger partial charge in [0, 0.05) is 24.9 Å². The highest BCUT2D eigenvalue weighted by molar-refractivity contribution is 6.29. The second kappa shape index (κ2) is 5.50. The summed E-state index contributed by atoms with van der Waals surface area (Å²) >= 11 is 5.81. The molecule has 1 atom stereocenters. The Kier molecular flexibility index (Phi) is 3.99. The van der Waals surface area contributed by atoms with Crippen molar-refractivity contribution in [2.75, 3.05) is 0 Å². The van der Waals surface area contributed by atoms with E-state index in [4.69, 9.17) is 11.6 Å². The minimum atomic E-state index is -0.591. The van der Waals surface area contributed by atoms with E-state index >= 15 is 0 Å². The van der Waals surface area contributed by atoms with Crippen molar-refractivity contribution in [3.8, 4) is 0 Å². The molecule has 0 amide bonds. The van der Waals surface area contributed by atoms with E-state index in [2.05, 4.69) is 10.1 Å². The van der Waals surface area contributed by atoms with Crippen LogP contribution < -0.4 is 0 Å². The van der Waals surface area contributed by atoms with Gasteiger partial charge < -0.3 is 5.11 Å². The van der Waals surface area contributed by atoms with Crippen molar-refractivity contribution in [1.82, 2.24) is 14.8 Å². The maximum atomic E-state index is 10.2. The molecule has 96 valence electrons. The fourth-order valence-corrected chi connectivity index (χ4v) is 2.16. The fourth-order valence-electron chi connectivity index (χ4n) is 1.98. The highest BCUT2D eigenvalue weighted by Gasteiger charge is 2.13. The molecule has 0 saturated carbocycles. The van der Waals surface area contributed by atoms with Crippen molar-refractivity contribution >= 4 is 11.6 Å². The van der Waals surface area contributed by atoms with E-state index in [0.717, 1.165) is 23.5 Å². The summed E-state index contributed by atoms with van der Waals surface area (Å²) < 4.78 is 1.90. The van der Waals surface area contributed by atoms with Crippen molar-refractivity contribution in [3.63, 3.8) is 0 Å². The van der Waals surface area contributed by atoms with Gasteiger partial charge in [-0.15, -0.1) is 0 Å². The first kappa shape index (κ1) is 13.1. The number of hydrogen-bond acceptors (Lipinski definition) is 3. The van der Waals surface area contributed by atoms with Gasteiger partial charge in [0.2, 0.25) is 0 Å². The van der Waals surface area contributed by atoms with Crippen LogP contribution in [0.1, 0.15) is 30.0 Å². The Morgan fingerprint density at radius 1 is 1.44 bits per heavy atom. The molecule has 2 heterocycles. The first-order valence-electron chi connectivity index (χ1n) is 5.93. The maximum Gasteiger partial charge on any atom is 0.129 e. The number of pyridine rings is 1. The molecule has 0 aliphatic carbocycles. The Labute approximate surface area is 111 Å². The molecule has 0 aliphatic heterocycles. The lowest BCUT2D eigenvalue weighted by Crippen LogP contribution is -2.08. The predicted molar refractivity (Wildman–Crippen MR) is 70.5 cm³/mol. The van der Waals surface area contributed by atoms with Crippen LogP contribution in [-0.2, 0) is 13.0 Å². The Bertz CT molecular complexity index is 539. The van der Waals surface area contributed by atoms with Crippen LogP contribution in [0.5, 0.6) is 0 Å². The molecule has 2 aromatic heterocycles. The molecule has 0 aromatic carbocycles. The standard InChI is InChI=1S/C13H16ClN3O/c1-3-17-11(6-9(2)16-17)8-12(18)10-4-5-15-13(14)7-10/h4-7,12,18H,3,8H2,1-2H3. The Balaban J connectivity index is 2.18. The molecule has 0 bridgehead atoms. The molecule has 0 spiro atoms. The molecule has 1 N–H and O–H groups in total. The zero-order valence-electron chi connectivity index (χ0n) is 10.5. The zero-order chi connectivity index (χ0) is 13.1. The van der Waals surface area contributed by atoms with Crippen LogP contribution in [-0.4, -0.2) is 19.9 Å². The van der Waals surface area contributed by atoms with Gasteiger partial charge in [0.05, 0.1) is 11.8 Å². The smallest absolute Gasteiger partial charge is 0.129 e. The zero-order valence-corrected chi connectivity index (χ0v) is 11.2. The molecule has 0 aliphatic rings. The number of hydrogen-bond donors (Lipinski definition) is 1. The van der Waals surface area contributed by atoms with Gasteiger partial charge in [0.25, 0.3) is 0 Å². The van der Waals surface area contributed by atoms with Crippen molar-refractivity contribution in [3.05, 3.63) is 46.5 Å². The van der Waals surface area contributed by atoms with Gasteiger partial charge >= 0.3 is 0 Å². The van der Waals surface area contributed by atoms with E-state index in [9.17, 15) is 5.11 Å². The number of halogens is 1. The highest BCUT2D eigenvalue weighted by Crippen LogP contribution is 2.20.